The van der Waals surface area contributed by atoms with Crippen molar-refractivity contribution in [1.29, 1.82) is 0 Å². The quantitative estimate of drug-likeness (QED) is 0.629. The molecular formula is C14H15ClO4. The van der Waals surface area contributed by atoms with Gasteiger partial charge in [0.1, 0.15) is 16.9 Å². The third-order valence-corrected chi connectivity index (χ3v) is 3.80. The van der Waals surface area contributed by atoms with Gasteiger partial charge in [0.05, 0.1) is 13.7 Å². The molecule has 1 unspecified atom stereocenters. The van der Waals surface area contributed by atoms with Crippen LogP contribution < -0.4 is 4.74 Å². The van der Waals surface area contributed by atoms with Crippen molar-refractivity contribution in [3.63, 3.8) is 0 Å². The van der Waals surface area contributed by atoms with Gasteiger partial charge in [-0.1, -0.05) is 11.6 Å². The lowest BCUT2D eigenvalue weighted by Crippen LogP contribution is -2.36. The van der Waals surface area contributed by atoms with Crippen molar-refractivity contribution >= 4 is 23.4 Å². The monoisotopic (exact) mass is 282 g/mol. The van der Waals surface area contributed by atoms with E-state index in [-0.39, 0.29) is 18.8 Å². The molecule has 0 spiro atoms. The smallest absolute Gasteiger partial charge is 0.320 e. The molecule has 0 amide bonds. The van der Waals surface area contributed by atoms with Gasteiger partial charge in [-0.25, -0.2) is 0 Å². The second-order valence-electron chi connectivity index (χ2n) is 4.66. The largest absolute Gasteiger partial charge is 0.496 e. The van der Waals surface area contributed by atoms with E-state index in [0.717, 1.165) is 5.56 Å². The first-order chi connectivity index (χ1) is 8.99. The fourth-order valence-electron chi connectivity index (χ4n) is 2.37. The van der Waals surface area contributed by atoms with Gasteiger partial charge in [-0.2, -0.15) is 0 Å². The van der Waals surface area contributed by atoms with Crippen molar-refractivity contribution in [2.75, 3.05) is 13.7 Å². The van der Waals surface area contributed by atoms with E-state index in [1.165, 1.54) is 6.92 Å². The highest BCUT2D eigenvalue weighted by molar-refractivity contribution is 6.30. The normalized spacial score (nSPS) is 22.2. The van der Waals surface area contributed by atoms with Gasteiger partial charge >= 0.3 is 5.97 Å². The highest BCUT2D eigenvalue weighted by Gasteiger charge is 2.49. The number of halogens is 1. The Labute approximate surface area is 116 Å². The number of methoxy groups -OCH3 is 1. The highest BCUT2D eigenvalue weighted by atomic mass is 35.5. The minimum atomic E-state index is -1.10. The van der Waals surface area contributed by atoms with E-state index in [2.05, 4.69) is 0 Å². The molecule has 1 aliphatic heterocycles. The first-order valence-electron chi connectivity index (χ1n) is 6.00. The van der Waals surface area contributed by atoms with Gasteiger partial charge < -0.3 is 9.47 Å². The maximum absolute atomic E-state index is 11.9. The van der Waals surface area contributed by atoms with Crippen LogP contribution in [0.1, 0.15) is 18.9 Å². The van der Waals surface area contributed by atoms with Crippen LogP contribution in [-0.4, -0.2) is 25.5 Å². The molecule has 1 aromatic carbocycles. The maximum Gasteiger partial charge on any atom is 0.320 e. The van der Waals surface area contributed by atoms with Gasteiger partial charge in [0.25, 0.3) is 0 Å². The number of ketones is 1. The molecule has 0 N–H and O–H groups in total. The number of benzene rings is 1. The maximum atomic E-state index is 11.9. The van der Waals surface area contributed by atoms with Crippen LogP contribution in [0.2, 0.25) is 5.02 Å². The molecule has 1 aromatic rings. The number of rotatable bonds is 4. The number of ether oxygens (including phenoxy) is 2. The average Bonchev–Trinajstić information content (AvgIpc) is 2.72. The summed E-state index contributed by atoms with van der Waals surface area (Å²) in [5.41, 5.74) is -0.359. The Balaban J connectivity index is 2.40. The van der Waals surface area contributed by atoms with Crippen molar-refractivity contribution in [3.8, 4) is 5.75 Å². The van der Waals surface area contributed by atoms with E-state index < -0.39 is 11.4 Å². The Morgan fingerprint density at radius 2 is 2.26 bits per heavy atom. The third-order valence-electron chi connectivity index (χ3n) is 3.56. The molecule has 1 aliphatic rings. The van der Waals surface area contributed by atoms with Crippen molar-refractivity contribution in [1.82, 2.24) is 0 Å². The Morgan fingerprint density at radius 1 is 1.53 bits per heavy atom. The van der Waals surface area contributed by atoms with Crippen LogP contribution in [0.15, 0.2) is 18.2 Å². The lowest BCUT2D eigenvalue weighted by molar-refractivity contribution is -0.150. The van der Waals surface area contributed by atoms with E-state index in [9.17, 15) is 9.59 Å². The first kappa shape index (κ1) is 13.9. The summed E-state index contributed by atoms with van der Waals surface area (Å²) in [5, 5.41) is 0.542. The van der Waals surface area contributed by atoms with E-state index in [4.69, 9.17) is 21.1 Å². The summed E-state index contributed by atoms with van der Waals surface area (Å²) in [6.45, 7) is 1.70. The Kier molecular flexibility index (Phi) is 3.80. The number of hydrogen-bond acceptors (Lipinski definition) is 4. The van der Waals surface area contributed by atoms with Crippen LogP contribution in [-0.2, 0) is 20.7 Å². The molecule has 19 heavy (non-hydrogen) atoms. The molecule has 0 saturated carbocycles. The molecule has 2 rings (SSSR count). The predicted octanol–water partition coefficient (Wildman–Crippen LogP) is 2.41. The number of carbonyl (C=O) groups excluding carboxylic acids is 2. The summed E-state index contributed by atoms with van der Waals surface area (Å²) in [5.74, 6) is -0.0243. The first-order valence-corrected chi connectivity index (χ1v) is 6.38. The van der Waals surface area contributed by atoms with Crippen LogP contribution in [0.5, 0.6) is 5.75 Å². The van der Waals surface area contributed by atoms with E-state index in [0.29, 0.717) is 17.2 Å². The Morgan fingerprint density at radius 3 is 2.79 bits per heavy atom. The van der Waals surface area contributed by atoms with E-state index in [1.54, 1.807) is 25.3 Å². The van der Waals surface area contributed by atoms with Gasteiger partial charge in [-0.15, -0.1) is 0 Å². The third kappa shape index (κ3) is 2.45. The van der Waals surface area contributed by atoms with Crippen molar-refractivity contribution in [3.05, 3.63) is 28.8 Å². The van der Waals surface area contributed by atoms with Crippen molar-refractivity contribution in [2.45, 2.75) is 19.8 Å². The topological polar surface area (TPSA) is 52.6 Å². The van der Waals surface area contributed by atoms with Gasteiger partial charge in [-0.05, 0) is 37.1 Å². The standard InChI is InChI=1S/C14H15ClO4/c1-9(16)14(5-6-19-13(14)17)8-10-7-11(15)3-4-12(10)18-2/h3-4,7H,5-6,8H2,1-2H3. The minimum absolute atomic E-state index is 0.183. The Bertz CT molecular complexity index is 526. The van der Waals surface area contributed by atoms with Crippen LogP contribution in [0, 0.1) is 5.41 Å². The molecule has 0 aromatic heterocycles. The zero-order valence-electron chi connectivity index (χ0n) is 10.9. The lowest BCUT2D eigenvalue weighted by Gasteiger charge is -2.22. The van der Waals surface area contributed by atoms with Gasteiger partial charge in [0, 0.05) is 11.4 Å². The van der Waals surface area contributed by atoms with Crippen LogP contribution in [0.4, 0.5) is 0 Å². The average molecular weight is 283 g/mol. The molecule has 0 aliphatic carbocycles. The number of carbonyl (C=O) groups is 2. The molecule has 102 valence electrons. The minimum Gasteiger partial charge on any atom is -0.496 e. The summed E-state index contributed by atoms with van der Waals surface area (Å²) >= 11 is 5.96. The second-order valence-corrected chi connectivity index (χ2v) is 5.09. The zero-order valence-corrected chi connectivity index (χ0v) is 11.6. The summed E-state index contributed by atoms with van der Waals surface area (Å²) < 4.78 is 10.2. The van der Waals surface area contributed by atoms with Gasteiger partial charge in [-0.3, -0.25) is 9.59 Å². The molecular weight excluding hydrogens is 268 g/mol. The Hall–Kier alpha value is -1.55. The molecule has 1 heterocycles. The molecule has 0 bridgehead atoms. The molecule has 4 nitrogen and oxygen atoms in total. The number of cyclic esters (lactones) is 1. The lowest BCUT2D eigenvalue weighted by atomic mass is 9.77. The van der Waals surface area contributed by atoms with Gasteiger partial charge in [0.15, 0.2) is 0 Å². The summed E-state index contributed by atoms with van der Waals surface area (Å²) in [4.78, 5) is 23.8. The van der Waals surface area contributed by atoms with Crippen LogP contribution in [0.25, 0.3) is 0 Å². The molecule has 5 heteroatoms. The fourth-order valence-corrected chi connectivity index (χ4v) is 2.57. The SMILES string of the molecule is COc1ccc(Cl)cc1CC1(C(C)=O)CCOC1=O. The molecule has 0 radical (unpaired) electrons. The number of esters is 1. The van der Waals surface area contributed by atoms with Gasteiger partial charge in [0.2, 0.25) is 0 Å². The summed E-state index contributed by atoms with van der Waals surface area (Å²) in [7, 11) is 1.54. The van der Waals surface area contributed by atoms with Crippen molar-refractivity contribution in [2.24, 2.45) is 5.41 Å². The summed E-state index contributed by atoms with van der Waals surface area (Å²) in [6, 6.07) is 5.15. The zero-order chi connectivity index (χ0) is 14.0. The van der Waals surface area contributed by atoms with Crippen LogP contribution in [0.3, 0.4) is 0 Å². The second kappa shape index (κ2) is 5.21. The highest BCUT2D eigenvalue weighted by Crippen LogP contribution is 2.38. The molecule has 1 atom stereocenters. The van der Waals surface area contributed by atoms with E-state index >= 15 is 0 Å². The number of Topliss-reactive ketones (excluding diaryl/α,β-unsaturated/α-hetero) is 1. The number of hydrogen-bond donors (Lipinski definition) is 0. The summed E-state index contributed by atoms with van der Waals surface area (Å²) in [6.07, 6.45) is 0.654. The molecule has 1 fully saturated rings. The van der Waals surface area contributed by atoms with E-state index in [1.807, 2.05) is 0 Å². The van der Waals surface area contributed by atoms with Crippen molar-refractivity contribution < 1.29 is 19.1 Å². The molecule has 1 saturated heterocycles. The van der Waals surface area contributed by atoms with Crippen LogP contribution >= 0.6 is 11.6 Å². The predicted molar refractivity (Wildman–Crippen MR) is 70.4 cm³/mol. The fraction of sp³-hybridized carbons (Fsp3) is 0.429.